The van der Waals surface area contributed by atoms with Crippen LogP contribution in [0.3, 0.4) is 0 Å². The zero-order chi connectivity index (χ0) is 33.0. The maximum atomic E-state index is 14.5. The van der Waals surface area contributed by atoms with Crippen molar-refractivity contribution in [2.75, 3.05) is 13.7 Å². The van der Waals surface area contributed by atoms with E-state index in [2.05, 4.69) is 0 Å². The Bertz CT molecular complexity index is 1990. The first-order valence-corrected chi connectivity index (χ1v) is 14.5. The number of benzene rings is 2. The van der Waals surface area contributed by atoms with E-state index in [1.165, 1.54) is 0 Å². The van der Waals surface area contributed by atoms with Crippen LogP contribution in [0.15, 0.2) is 23.3 Å². The molecular formula is C31H23ClO14. The Kier molecular flexibility index (Phi) is 5.38. The summed E-state index contributed by atoms with van der Waals surface area (Å²) in [5.41, 5.74) is -9.88. The van der Waals surface area contributed by atoms with E-state index >= 15 is 0 Å². The first-order chi connectivity index (χ1) is 21.8. The smallest absolute Gasteiger partial charge is 0.358 e. The monoisotopic (exact) mass is 654 g/mol. The molecule has 46 heavy (non-hydrogen) atoms. The van der Waals surface area contributed by atoms with Crippen LogP contribution in [0.4, 0.5) is 0 Å². The van der Waals surface area contributed by atoms with Crippen LogP contribution >= 0.6 is 11.6 Å². The van der Waals surface area contributed by atoms with E-state index in [-0.39, 0.29) is 24.0 Å². The molecule has 1 saturated heterocycles. The fraction of sp³-hybridized carbons (Fsp3) is 0.355. The van der Waals surface area contributed by atoms with Crippen molar-refractivity contribution in [3.63, 3.8) is 0 Å². The van der Waals surface area contributed by atoms with Gasteiger partial charge in [-0.05, 0) is 30.5 Å². The second kappa shape index (κ2) is 8.59. The summed E-state index contributed by atoms with van der Waals surface area (Å²) in [6.45, 7) is -0.858. The van der Waals surface area contributed by atoms with Crippen molar-refractivity contribution >= 4 is 46.4 Å². The Hall–Kier alpha value is -4.63. The number of aliphatic hydroxyl groups is 4. The van der Waals surface area contributed by atoms with Gasteiger partial charge < -0.3 is 50.0 Å². The molecular weight excluding hydrogens is 632 g/mol. The summed E-state index contributed by atoms with van der Waals surface area (Å²) in [7, 11) is 0.968. The number of aliphatic hydroxyl groups excluding tert-OH is 4. The second-order valence-corrected chi connectivity index (χ2v) is 12.6. The minimum atomic E-state index is -2.59. The number of methoxy groups -OCH3 is 1. The van der Waals surface area contributed by atoms with Gasteiger partial charge in [0, 0.05) is 12.0 Å². The zero-order valence-corrected chi connectivity index (χ0v) is 24.3. The minimum absolute atomic E-state index is 0.132. The van der Waals surface area contributed by atoms with Gasteiger partial charge in [-0.3, -0.25) is 14.4 Å². The highest BCUT2D eigenvalue weighted by atomic mass is 35.5. The Balaban J connectivity index is 1.47. The molecule has 7 aliphatic rings. The number of Topliss-reactive ketones (excluding diaryl/α,β-unsaturated/α-hetero) is 3. The Morgan fingerprint density at radius 3 is 2.33 bits per heavy atom. The molecule has 1 spiro atoms. The molecule has 14 nitrogen and oxygen atoms in total. The minimum Gasteiger partial charge on any atom is -0.507 e. The average molecular weight is 655 g/mol. The van der Waals surface area contributed by atoms with Gasteiger partial charge in [0.05, 0.1) is 52.3 Å². The number of phenolic OH excluding ortho intramolecular Hbond substituents is 3. The van der Waals surface area contributed by atoms with Crippen molar-refractivity contribution in [2.24, 2.45) is 5.41 Å². The summed E-state index contributed by atoms with van der Waals surface area (Å²) in [5, 5.41) is 77.5. The van der Waals surface area contributed by atoms with Crippen LogP contribution in [0, 0.1) is 5.41 Å². The van der Waals surface area contributed by atoms with Crippen LogP contribution in [0.1, 0.15) is 51.4 Å². The first-order valence-electron chi connectivity index (χ1n) is 14.1. The SMILES string of the molecule is COC(=O)C12Oc3c(Cl)c4c(c(O)c3C(O)=C1C(=O)CCC2O)C1C(=O)C2=C(O)c3c(O)ccc(O)c3C(=O)C2(C4)C2OC12CO. The third-order valence-corrected chi connectivity index (χ3v) is 10.8. The molecule has 0 radical (unpaired) electrons. The number of fused-ring (bicyclic) bond motifs is 3. The van der Waals surface area contributed by atoms with Crippen molar-refractivity contribution in [3.8, 4) is 23.0 Å². The van der Waals surface area contributed by atoms with Crippen LogP contribution in [-0.2, 0) is 30.3 Å². The second-order valence-electron chi connectivity index (χ2n) is 12.3. The van der Waals surface area contributed by atoms with Crippen molar-refractivity contribution in [1.82, 2.24) is 0 Å². The molecule has 15 heteroatoms. The zero-order valence-electron chi connectivity index (χ0n) is 23.6. The predicted molar refractivity (Wildman–Crippen MR) is 151 cm³/mol. The Morgan fingerprint density at radius 2 is 1.67 bits per heavy atom. The third-order valence-electron chi connectivity index (χ3n) is 10.4. The van der Waals surface area contributed by atoms with Gasteiger partial charge in [0.2, 0.25) is 0 Å². The van der Waals surface area contributed by atoms with Crippen molar-refractivity contribution in [3.05, 3.63) is 56.1 Å². The quantitative estimate of drug-likeness (QED) is 0.137. The summed E-state index contributed by atoms with van der Waals surface area (Å²) in [6.07, 6.45) is -4.19. The number of carbonyl (C=O) groups excluding carboxylic acids is 4. The lowest BCUT2D eigenvalue weighted by Gasteiger charge is -2.43. The Labute approximate surface area is 262 Å². The topological polar surface area (TPSA) is 241 Å². The lowest BCUT2D eigenvalue weighted by molar-refractivity contribution is -0.169. The summed E-state index contributed by atoms with van der Waals surface area (Å²) in [5.74, 6) is -10.1. The molecule has 2 heterocycles. The molecule has 0 amide bonds. The molecule has 3 fully saturated rings. The molecule has 7 N–H and O–H groups in total. The number of ether oxygens (including phenoxy) is 3. The predicted octanol–water partition coefficient (Wildman–Crippen LogP) is 1.26. The molecule has 9 rings (SSSR count). The van der Waals surface area contributed by atoms with E-state index in [1.807, 2.05) is 0 Å². The largest absolute Gasteiger partial charge is 0.507 e. The molecule has 2 bridgehead atoms. The third kappa shape index (κ3) is 2.82. The number of rotatable bonds is 2. The average Bonchev–Trinajstić information content (AvgIpc) is 3.80. The van der Waals surface area contributed by atoms with Crippen LogP contribution < -0.4 is 4.74 Å². The molecule has 2 saturated carbocycles. The van der Waals surface area contributed by atoms with Crippen molar-refractivity contribution in [2.45, 2.75) is 48.6 Å². The van der Waals surface area contributed by atoms with Crippen molar-refractivity contribution < 1.29 is 69.1 Å². The number of carbonyl (C=O) groups is 4. The maximum Gasteiger partial charge on any atom is 0.358 e. The summed E-state index contributed by atoms with van der Waals surface area (Å²) >= 11 is 6.92. The van der Waals surface area contributed by atoms with Gasteiger partial charge in [0.25, 0.3) is 5.60 Å². The van der Waals surface area contributed by atoms with Gasteiger partial charge in [0.1, 0.15) is 52.1 Å². The molecule has 0 aromatic heterocycles. The summed E-state index contributed by atoms with van der Waals surface area (Å²) in [6, 6.07) is 2.04. The van der Waals surface area contributed by atoms with E-state index < -0.39 is 138 Å². The lowest BCUT2D eigenvalue weighted by Crippen LogP contribution is -2.61. The fourth-order valence-corrected chi connectivity index (χ4v) is 8.69. The van der Waals surface area contributed by atoms with Crippen LogP contribution in [-0.4, -0.2) is 96.2 Å². The standard InChI is InChI=1S/C31H23ClO14/c1-44-28(43)31-12(37)5-4-11(36)17(31)23(40)16-21(38)13-8(20(32)25(16)45-31)6-29-19(24(41)18(13)30(7-33)27(29)46-30)22(39)14-9(34)2-3-10(35)15(14)26(29)42/h2-3,12,18,27,33-35,37-40H,4-7H2,1H3. The van der Waals surface area contributed by atoms with Crippen LogP contribution in [0.2, 0.25) is 5.02 Å². The van der Waals surface area contributed by atoms with Gasteiger partial charge in [-0.1, -0.05) is 11.6 Å². The van der Waals surface area contributed by atoms with Crippen LogP contribution in [0.5, 0.6) is 23.0 Å². The van der Waals surface area contributed by atoms with E-state index in [1.54, 1.807) is 0 Å². The Morgan fingerprint density at radius 1 is 1.02 bits per heavy atom. The van der Waals surface area contributed by atoms with Crippen molar-refractivity contribution in [1.29, 1.82) is 0 Å². The first kappa shape index (κ1) is 28.8. The van der Waals surface area contributed by atoms with E-state index in [9.17, 15) is 54.9 Å². The number of aromatic hydroxyl groups is 3. The number of esters is 1. The number of ketones is 3. The highest BCUT2D eigenvalue weighted by Gasteiger charge is 2.81. The van der Waals surface area contributed by atoms with Gasteiger partial charge in [-0.2, -0.15) is 0 Å². The summed E-state index contributed by atoms with van der Waals surface area (Å²) < 4.78 is 16.8. The van der Waals surface area contributed by atoms with Gasteiger partial charge >= 0.3 is 5.97 Å². The number of hydrogen-bond acceptors (Lipinski definition) is 14. The number of hydrogen-bond donors (Lipinski definition) is 7. The molecule has 6 atom stereocenters. The molecule has 238 valence electrons. The molecule has 2 aromatic carbocycles. The molecule has 2 aromatic rings. The highest BCUT2D eigenvalue weighted by molar-refractivity contribution is 6.34. The maximum absolute atomic E-state index is 14.5. The van der Waals surface area contributed by atoms with E-state index in [0.29, 0.717) is 0 Å². The summed E-state index contributed by atoms with van der Waals surface area (Å²) in [4.78, 5) is 55.3. The van der Waals surface area contributed by atoms with E-state index in [4.69, 9.17) is 25.8 Å². The molecule has 5 aliphatic carbocycles. The molecule has 2 aliphatic heterocycles. The normalized spacial score (nSPS) is 33.2. The van der Waals surface area contributed by atoms with Crippen LogP contribution in [0.25, 0.3) is 11.5 Å². The number of phenols is 3. The van der Waals surface area contributed by atoms with Gasteiger partial charge in [-0.15, -0.1) is 0 Å². The van der Waals surface area contributed by atoms with E-state index in [0.717, 1.165) is 19.2 Å². The molecule has 6 unspecified atom stereocenters. The highest BCUT2D eigenvalue weighted by Crippen LogP contribution is 2.72. The lowest BCUT2D eigenvalue weighted by atomic mass is 9.56. The fourth-order valence-electron chi connectivity index (χ4n) is 8.39. The van der Waals surface area contributed by atoms with Gasteiger partial charge in [0.15, 0.2) is 23.1 Å². The number of halogens is 1. The van der Waals surface area contributed by atoms with Gasteiger partial charge in [-0.25, -0.2) is 4.79 Å². The number of epoxide rings is 1.